The monoisotopic (exact) mass is 198 g/mol. The van der Waals surface area contributed by atoms with Crippen molar-refractivity contribution in [2.75, 3.05) is 13.2 Å². The van der Waals surface area contributed by atoms with Gasteiger partial charge in [0.15, 0.2) is 0 Å². The Morgan fingerprint density at radius 2 is 1.14 bits per heavy atom. The van der Waals surface area contributed by atoms with Crippen molar-refractivity contribution in [2.24, 2.45) is 23.7 Å². The van der Waals surface area contributed by atoms with E-state index in [0.29, 0.717) is 36.9 Å². The van der Waals surface area contributed by atoms with Crippen molar-refractivity contribution in [2.45, 2.75) is 38.5 Å². The summed E-state index contributed by atoms with van der Waals surface area (Å²) in [6.45, 7) is 0.721. The van der Waals surface area contributed by atoms with E-state index in [4.69, 9.17) is 0 Å². The third kappa shape index (κ3) is 1.82. The second-order valence-corrected chi connectivity index (χ2v) is 5.07. The molecule has 2 rings (SSSR count). The largest absolute Gasteiger partial charge is 0.396 e. The minimum absolute atomic E-state index is 0.360. The smallest absolute Gasteiger partial charge is 0.0462 e. The summed E-state index contributed by atoms with van der Waals surface area (Å²) >= 11 is 0. The summed E-state index contributed by atoms with van der Waals surface area (Å²) in [5.41, 5.74) is 0. The molecule has 2 aliphatic rings. The third-order valence-corrected chi connectivity index (χ3v) is 4.45. The Morgan fingerprint density at radius 1 is 0.714 bits per heavy atom. The average molecular weight is 198 g/mol. The van der Waals surface area contributed by atoms with Crippen LogP contribution in [0.4, 0.5) is 0 Å². The summed E-state index contributed by atoms with van der Waals surface area (Å²) < 4.78 is 0. The first-order valence-electron chi connectivity index (χ1n) is 6.08. The Balaban J connectivity index is 2.04. The van der Waals surface area contributed by atoms with Crippen LogP contribution >= 0.6 is 0 Å². The van der Waals surface area contributed by atoms with Gasteiger partial charge in [0, 0.05) is 13.2 Å². The molecule has 4 unspecified atom stereocenters. The fraction of sp³-hybridized carbons (Fsp3) is 1.00. The molecule has 0 aliphatic heterocycles. The Labute approximate surface area is 86.3 Å². The molecule has 0 aromatic rings. The molecule has 82 valence electrons. The minimum Gasteiger partial charge on any atom is -0.396 e. The summed E-state index contributed by atoms with van der Waals surface area (Å²) in [6.07, 6.45) is 7.48. The molecule has 2 nitrogen and oxygen atoms in total. The van der Waals surface area contributed by atoms with E-state index >= 15 is 0 Å². The molecule has 0 radical (unpaired) electrons. The van der Waals surface area contributed by atoms with Gasteiger partial charge in [-0.3, -0.25) is 0 Å². The highest BCUT2D eigenvalue weighted by Crippen LogP contribution is 2.46. The van der Waals surface area contributed by atoms with Crippen LogP contribution in [0.1, 0.15) is 38.5 Å². The SMILES string of the molecule is OCC1CCCC2C(CO)CCCC12. The van der Waals surface area contributed by atoms with Crippen LogP contribution in [0.3, 0.4) is 0 Å². The first-order chi connectivity index (χ1) is 6.86. The van der Waals surface area contributed by atoms with Gasteiger partial charge in [-0.05, 0) is 49.4 Å². The summed E-state index contributed by atoms with van der Waals surface area (Å²) in [5.74, 6) is 2.48. The predicted octanol–water partition coefficient (Wildman–Crippen LogP) is 1.80. The van der Waals surface area contributed by atoms with Crippen LogP contribution in [-0.4, -0.2) is 23.4 Å². The van der Waals surface area contributed by atoms with Gasteiger partial charge in [0.1, 0.15) is 0 Å². The van der Waals surface area contributed by atoms with Crippen molar-refractivity contribution in [3.05, 3.63) is 0 Å². The molecule has 0 bridgehead atoms. The Morgan fingerprint density at radius 3 is 1.50 bits per heavy atom. The van der Waals surface area contributed by atoms with Gasteiger partial charge in [0.05, 0.1) is 0 Å². The van der Waals surface area contributed by atoms with E-state index < -0.39 is 0 Å². The standard InChI is InChI=1S/C12H22O2/c13-7-9-3-1-5-11-10(8-14)4-2-6-12(9)11/h9-14H,1-8H2. The van der Waals surface area contributed by atoms with Crippen molar-refractivity contribution < 1.29 is 10.2 Å². The fourth-order valence-electron chi connectivity index (χ4n) is 3.71. The van der Waals surface area contributed by atoms with Crippen LogP contribution in [0, 0.1) is 23.7 Å². The van der Waals surface area contributed by atoms with E-state index in [1.807, 2.05) is 0 Å². The quantitative estimate of drug-likeness (QED) is 0.710. The summed E-state index contributed by atoms with van der Waals surface area (Å²) in [7, 11) is 0. The van der Waals surface area contributed by atoms with Gasteiger partial charge in [-0.15, -0.1) is 0 Å². The zero-order valence-electron chi connectivity index (χ0n) is 8.86. The maximum atomic E-state index is 9.33. The minimum atomic E-state index is 0.360. The van der Waals surface area contributed by atoms with E-state index in [2.05, 4.69) is 0 Å². The molecular weight excluding hydrogens is 176 g/mol. The predicted molar refractivity (Wildman–Crippen MR) is 55.8 cm³/mol. The van der Waals surface area contributed by atoms with Crippen molar-refractivity contribution in [3.8, 4) is 0 Å². The second kappa shape index (κ2) is 4.63. The van der Waals surface area contributed by atoms with E-state index in [1.165, 1.54) is 38.5 Å². The normalized spacial score (nSPS) is 43.3. The highest BCUT2D eigenvalue weighted by molar-refractivity contribution is 4.88. The van der Waals surface area contributed by atoms with Crippen LogP contribution in [-0.2, 0) is 0 Å². The molecule has 0 saturated heterocycles. The fourth-order valence-corrected chi connectivity index (χ4v) is 3.71. The first-order valence-corrected chi connectivity index (χ1v) is 6.08. The number of fused-ring (bicyclic) bond motifs is 1. The summed E-state index contributed by atoms with van der Waals surface area (Å²) in [5, 5.41) is 18.7. The van der Waals surface area contributed by atoms with Gasteiger partial charge in [-0.1, -0.05) is 12.8 Å². The molecule has 4 atom stereocenters. The lowest BCUT2D eigenvalue weighted by Gasteiger charge is -2.44. The molecular formula is C12H22O2. The lowest BCUT2D eigenvalue weighted by atomic mass is 9.62. The van der Waals surface area contributed by atoms with Crippen molar-refractivity contribution in [1.29, 1.82) is 0 Å². The number of aliphatic hydroxyl groups is 2. The molecule has 2 N–H and O–H groups in total. The van der Waals surface area contributed by atoms with Crippen molar-refractivity contribution >= 4 is 0 Å². The van der Waals surface area contributed by atoms with Gasteiger partial charge in [-0.2, -0.15) is 0 Å². The lowest BCUT2D eigenvalue weighted by molar-refractivity contribution is 0.00511. The van der Waals surface area contributed by atoms with Gasteiger partial charge in [0.2, 0.25) is 0 Å². The number of hydrogen-bond donors (Lipinski definition) is 2. The van der Waals surface area contributed by atoms with Gasteiger partial charge in [-0.25, -0.2) is 0 Å². The Kier molecular flexibility index (Phi) is 3.45. The molecule has 0 spiro atoms. The van der Waals surface area contributed by atoms with Crippen LogP contribution < -0.4 is 0 Å². The maximum Gasteiger partial charge on any atom is 0.0462 e. The van der Waals surface area contributed by atoms with E-state index in [-0.39, 0.29) is 0 Å². The second-order valence-electron chi connectivity index (χ2n) is 5.07. The molecule has 0 amide bonds. The number of rotatable bonds is 2. The van der Waals surface area contributed by atoms with E-state index in [1.54, 1.807) is 0 Å². The molecule has 2 aliphatic carbocycles. The van der Waals surface area contributed by atoms with E-state index in [9.17, 15) is 10.2 Å². The molecule has 2 fully saturated rings. The average Bonchev–Trinajstić information content (AvgIpc) is 2.27. The van der Waals surface area contributed by atoms with Crippen LogP contribution in [0.15, 0.2) is 0 Å². The van der Waals surface area contributed by atoms with Crippen LogP contribution in [0.25, 0.3) is 0 Å². The highest BCUT2D eigenvalue weighted by atomic mass is 16.3. The third-order valence-electron chi connectivity index (χ3n) is 4.45. The molecule has 0 aromatic carbocycles. The number of aliphatic hydroxyl groups excluding tert-OH is 2. The zero-order valence-corrected chi connectivity index (χ0v) is 8.86. The molecule has 2 heteroatoms. The van der Waals surface area contributed by atoms with Crippen molar-refractivity contribution in [1.82, 2.24) is 0 Å². The van der Waals surface area contributed by atoms with Gasteiger partial charge >= 0.3 is 0 Å². The van der Waals surface area contributed by atoms with Gasteiger partial charge < -0.3 is 10.2 Å². The number of hydrogen-bond acceptors (Lipinski definition) is 2. The Bertz CT molecular complexity index is 161. The first kappa shape index (κ1) is 10.4. The maximum absolute atomic E-state index is 9.33. The van der Waals surface area contributed by atoms with Crippen molar-refractivity contribution in [3.63, 3.8) is 0 Å². The summed E-state index contributed by atoms with van der Waals surface area (Å²) in [6, 6.07) is 0. The van der Waals surface area contributed by atoms with Crippen LogP contribution in [0.5, 0.6) is 0 Å². The molecule has 14 heavy (non-hydrogen) atoms. The Hall–Kier alpha value is -0.0800. The lowest BCUT2D eigenvalue weighted by Crippen LogP contribution is -2.39. The molecule has 0 aromatic heterocycles. The summed E-state index contributed by atoms with van der Waals surface area (Å²) in [4.78, 5) is 0. The van der Waals surface area contributed by atoms with Crippen LogP contribution in [0.2, 0.25) is 0 Å². The molecule has 2 saturated carbocycles. The van der Waals surface area contributed by atoms with Gasteiger partial charge in [0.25, 0.3) is 0 Å². The highest BCUT2D eigenvalue weighted by Gasteiger charge is 2.39. The van der Waals surface area contributed by atoms with E-state index in [0.717, 1.165) is 0 Å². The molecule has 0 heterocycles. The topological polar surface area (TPSA) is 40.5 Å². The zero-order chi connectivity index (χ0) is 9.97.